The normalized spacial score (nSPS) is 17.6. The number of hydroxylamine groups is 2. The minimum Gasteiger partial charge on any atom is -0.437 e. The molecule has 0 saturated carbocycles. The highest BCUT2D eigenvalue weighted by atomic mass is 16.7. The van der Waals surface area contributed by atoms with E-state index in [9.17, 15) is 14.4 Å². The molecule has 0 aromatic rings. The van der Waals surface area contributed by atoms with Crippen LogP contribution in [0.25, 0.3) is 0 Å². The highest BCUT2D eigenvalue weighted by molar-refractivity contribution is 6.46. The van der Waals surface area contributed by atoms with E-state index in [4.69, 9.17) is 5.02 Å². The summed E-state index contributed by atoms with van der Waals surface area (Å²) < 4.78 is 0. The fourth-order valence-electron chi connectivity index (χ4n) is 1.26. The predicted molar refractivity (Wildman–Crippen MR) is 53.6 cm³/mol. The van der Waals surface area contributed by atoms with E-state index in [0.29, 0.717) is 5.06 Å². The van der Waals surface area contributed by atoms with Crippen molar-refractivity contribution >= 4 is 24.8 Å². The number of imide groups is 1. The van der Waals surface area contributed by atoms with Crippen LogP contribution in [0, 0.1) is 0 Å². The summed E-state index contributed by atoms with van der Waals surface area (Å²) in [5.41, 5.74) is 0. The number of hydrogen-bond acceptors (Lipinski definition) is 6. The molecule has 2 amide bonds. The number of nitrogens with zero attached hydrogens (tertiary/aromatic N) is 1. The Labute approximate surface area is 92.8 Å². The quantitative estimate of drug-likeness (QED) is 0.457. The van der Waals surface area contributed by atoms with Gasteiger partial charge in [-0.25, -0.2) is 4.79 Å². The minimum absolute atomic E-state index is 0.0598. The minimum atomic E-state index is -0.882. The highest BCUT2D eigenvalue weighted by Gasteiger charge is 2.34. The van der Waals surface area contributed by atoms with Crippen LogP contribution in [0.2, 0.25) is 6.82 Å². The van der Waals surface area contributed by atoms with Crippen molar-refractivity contribution in [3.63, 3.8) is 0 Å². The van der Waals surface area contributed by atoms with E-state index >= 15 is 0 Å². The lowest BCUT2D eigenvalue weighted by molar-refractivity contribution is -0.198. The summed E-state index contributed by atoms with van der Waals surface area (Å²) in [5, 5.41) is 11.9. The maximum Gasteiger partial charge on any atom is 0.374 e. The largest absolute Gasteiger partial charge is 0.437 e. The van der Waals surface area contributed by atoms with E-state index in [1.807, 2.05) is 0 Å². The molecule has 8 heteroatoms. The van der Waals surface area contributed by atoms with Crippen molar-refractivity contribution in [1.29, 1.82) is 0 Å². The van der Waals surface area contributed by atoms with Crippen molar-refractivity contribution in [3.8, 4) is 0 Å². The summed E-state index contributed by atoms with van der Waals surface area (Å²) >= 11 is 0. The highest BCUT2D eigenvalue weighted by Crippen LogP contribution is 2.12. The second-order valence-electron chi connectivity index (χ2n) is 3.56. The lowest BCUT2D eigenvalue weighted by atomic mass is 9.87. The molecular weight excluding hydrogens is 215 g/mol. The molecule has 88 valence electrons. The molecule has 1 aliphatic rings. The second kappa shape index (κ2) is 5.08. The van der Waals surface area contributed by atoms with Gasteiger partial charge >= 0.3 is 13.0 Å². The maximum absolute atomic E-state index is 11.4. The molecule has 0 radical (unpaired) electrons. The number of carbonyl (C=O) groups is 3. The molecule has 2 N–H and O–H groups in total. The molecule has 1 atom stereocenters. The third kappa shape index (κ3) is 3.04. The summed E-state index contributed by atoms with van der Waals surface area (Å²) in [6, 6.07) is -0.804. The van der Waals surface area contributed by atoms with Crippen LogP contribution in [0.1, 0.15) is 19.8 Å². The van der Waals surface area contributed by atoms with E-state index in [-0.39, 0.29) is 12.8 Å². The van der Waals surface area contributed by atoms with Gasteiger partial charge in [0.1, 0.15) is 0 Å². The van der Waals surface area contributed by atoms with Gasteiger partial charge in [0.05, 0.1) is 6.04 Å². The smallest absolute Gasteiger partial charge is 0.374 e. The first-order chi connectivity index (χ1) is 7.41. The molecule has 0 bridgehead atoms. The van der Waals surface area contributed by atoms with E-state index in [1.165, 1.54) is 13.7 Å². The zero-order valence-corrected chi connectivity index (χ0v) is 9.10. The Morgan fingerprint density at radius 2 is 2.00 bits per heavy atom. The molecule has 0 aromatic heterocycles. The Morgan fingerprint density at radius 3 is 2.44 bits per heavy atom. The van der Waals surface area contributed by atoms with Crippen LogP contribution < -0.4 is 5.23 Å². The van der Waals surface area contributed by atoms with Gasteiger partial charge in [0.15, 0.2) is 0 Å². The number of rotatable bonds is 4. The van der Waals surface area contributed by atoms with E-state index in [1.54, 1.807) is 0 Å². The van der Waals surface area contributed by atoms with Crippen LogP contribution in [-0.2, 0) is 19.2 Å². The molecule has 7 nitrogen and oxygen atoms in total. The van der Waals surface area contributed by atoms with Crippen LogP contribution >= 0.6 is 0 Å². The zero-order valence-electron chi connectivity index (χ0n) is 9.10. The predicted octanol–water partition coefficient (Wildman–Crippen LogP) is -1.32. The second-order valence-corrected chi connectivity index (χ2v) is 3.56. The Bertz CT molecular complexity index is 304. The van der Waals surface area contributed by atoms with Gasteiger partial charge in [-0.2, -0.15) is 0 Å². The van der Waals surface area contributed by atoms with Crippen LogP contribution in [0.4, 0.5) is 0 Å². The first kappa shape index (κ1) is 12.7. The topological polar surface area (TPSA) is 95.9 Å². The monoisotopic (exact) mass is 228 g/mol. The third-order valence-electron chi connectivity index (χ3n) is 2.03. The molecule has 1 aliphatic heterocycles. The number of nitrogens with one attached hydrogen (secondary N) is 1. The Kier molecular flexibility index (Phi) is 4.02. The third-order valence-corrected chi connectivity index (χ3v) is 2.03. The SMILES string of the molecule is CB(O)N[C@H](C)C(=O)ON1C(=O)CCC1=O. The van der Waals surface area contributed by atoms with E-state index in [0.717, 1.165) is 0 Å². The summed E-state index contributed by atoms with van der Waals surface area (Å²) in [7, 11) is -0.882. The fraction of sp³-hybridized carbons (Fsp3) is 0.625. The van der Waals surface area contributed by atoms with Crippen LogP contribution in [-0.4, -0.2) is 41.0 Å². The number of carbonyl (C=O) groups excluding carboxylic acids is 3. The van der Waals surface area contributed by atoms with Gasteiger partial charge in [-0.15, -0.1) is 5.06 Å². The standard InChI is InChI=1S/C8H13BN2O5/c1-5(10-9(2)15)8(14)16-11-6(12)3-4-7(11)13/h5,10,15H,3-4H2,1-2H3/t5-/m1/s1. The van der Waals surface area contributed by atoms with E-state index in [2.05, 4.69) is 10.1 Å². The summed E-state index contributed by atoms with van der Waals surface area (Å²) in [4.78, 5) is 38.3. The zero-order chi connectivity index (χ0) is 12.3. The van der Waals surface area contributed by atoms with Crippen LogP contribution in [0.15, 0.2) is 0 Å². The van der Waals surface area contributed by atoms with Crippen LogP contribution in [0.5, 0.6) is 0 Å². The van der Waals surface area contributed by atoms with Gasteiger partial charge in [0, 0.05) is 12.8 Å². The van der Waals surface area contributed by atoms with Gasteiger partial charge in [-0.3, -0.25) is 9.59 Å². The lowest BCUT2D eigenvalue weighted by Crippen LogP contribution is -2.46. The summed E-state index contributed by atoms with van der Waals surface area (Å²) in [5.74, 6) is -1.84. The fourth-order valence-corrected chi connectivity index (χ4v) is 1.26. The molecule has 0 unspecified atom stereocenters. The van der Waals surface area contributed by atoms with Gasteiger partial charge < -0.3 is 15.1 Å². The molecule has 0 spiro atoms. The van der Waals surface area contributed by atoms with Gasteiger partial charge in [-0.05, 0) is 13.7 Å². The maximum atomic E-state index is 11.4. The van der Waals surface area contributed by atoms with Crippen molar-refractivity contribution in [2.45, 2.75) is 32.6 Å². The van der Waals surface area contributed by atoms with Crippen molar-refractivity contribution < 1.29 is 24.2 Å². The summed E-state index contributed by atoms with van der Waals surface area (Å²) in [6.45, 7) is 2.90. The Morgan fingerprint density at radius 1 is 1.50 bits per heavy atom. The van der Waals surface area contributed by atoms with Crippen molar-refractivity contribution in [2.75, 3.05) is 0 Å². The van der Waals surface area contributed by atoms with Crippen molar-refractivity contribution in [3.05, 3.63) is 0 Å². The molecule has 0 aliphatic carbocycles. The van der Waals surface area contributed by atoms with Crippen LogP contribution in [0.3, 0.4) is 0 Å². The Balaban J connectivity index is 2.50. The molecule has 1 fully saturated rings. The molecule has 1 rings (SSSR count). The van der Waals surface area contributed by atoms with Gasteiger partial charge in [0.2, 0.25) is 0 Å². The first-order valence-electron chi connectivity index (χ1n) is 4.93. The van der Waals surface area contributed by atoms with E-state index < -0.39 is 30.9 Å². The molecule has 0 aromatic carbocycles. The first-order valence-corrected chi connectivity index (χ1v) is 4.93. The average molecular weight is 228 g/mol. The van der Waals surface area contributed by atoms with Crippen molar-refractivity contribution in [1.82, 2.24) is 10.3 Å². The lowest BCUT2D eigenvalue weighted by Gasteiger charge is -2.17. The number of amides is 2. The van der Waals surface area contributed by atoms with Crippen molar-refractivity contribution in [2.24, 2.45) is 0 Å². The summed E-state index contributed by atoms with van der Waals surface area (Å²) in [6.07, 6.45) is 0.120. The average Bonchev–Trinajstić information content (AvgIpc) is 2.48. The van der Waals surface area contributed by atoms with Gasteiger partial charge in [-0.1, -0.05) is 0 Å². The molecule has 1 saturated heterocycles. The molecule has 16 heavy (non-hydrogen) atoms. The Hall–Kier alpha value is -1.41. The number of hydrogen-bond donors (Lipinski definition) is 2. The molecule has 1 heterocycles. The van der Waals surface area contributed by atoms with Gasteiger partial charge in [0.25, 0.3) is 11.8 Å². The molecular formula is C8H13BN2O5.